The Hall–Kier alpha value is -1.06. The number of carbonyl (C=O) groups is 1. The SMILES string of the molecule is COC(=O)[C@@H](CCCCl)[C@H](N)c1ccccc1. The molecule has 0 fully saturated rings. The molecule has 0 unspecified atom stereocenters. The van der Waals surface area contributed by atoms with E-state index in [9.17, 15) is 4.79 Å². The van der Waals surface area contributed by atoms with Crippen molar-refractivity contribution in [2.24, 2.45) is 11.7 Å². The standard InChI is InChI=1S/C13H18ClNO2/c1-17-13(16)11(8-5-9-14)12(15)10-6-3-2-4-7-10/h2-4,6-7,11-12H,5,8-9,15H2,1H3/t11-,12+/m0/s1. The molecule has 1 aromatic rings. The van der Waals surface area contributed by atoms with E-state index in [-0.39, 0.29) is 17.9 Å². The fourth-order valence-corrected chi connectivity index (χ4v) is 1.95. The molecule has 0 saturated heterocycles. The lowest BCUT2D eigenvalue weighted by Crippen LogP contribution is -2.29. The highest BCUT2D eigenvalue weighted by Crippen LogP contribution is 2.24. The highest BCUT2D eigenvalue weighted by atomic mass is 35.5. The van der Waals surface area contributed by atoms with E-state index in [1.54, 1.807) is 0 Å². The van der Waals surface area contributed by atoms with Crippen molar-refractivity contribution >= 4 is 17.6 Å². The molecule has 0 saturated carbocycles. The summed E-state index contributed by atoms with van der Waals surface area (Å²) in [5, 5.41) is 0. The highest BCUT2D eigenvalue weighted by molar-refractivity contribution is 6.17. The van der Waals surface area contributed by atoms with Gasteiger partial charge in [-0.1, -0.05) is 30.3 Å². The number of alkyl halides is 1. The second-order valence-electron chi connectivity index (χ2n) is 3.90. The monoisotopic (exact) mass is 255 g/mol. The first-order chi connectivity index (χ1) is 8.20. The van der Waals surface area contributed by atoms with Crippen LogP contribution < -0.4 is 5.73 Å². The number of carbonyl (C=O) groups excluding carboxylic acids is 1. The number of rotatable bonds is 6. The summed E-state index contributed by atoms with van der Waals surface area (Å²) >= 11 is 5.65. The van der Waals surface area contributed by atoms with Crippen LogP contribution >= 0.6 is 11.6 Å². The van der Waals surface area contributed by atoms with Gasteiger partial charge in [-0.2, -0.15) is 0 Å². The third-order valence-corrected chi connectivity index (χ3v) is 3.04. The zero-order valence-electron chi connectivity index (χ0n) is 9.93. The van der Waals surface area contributed by atoms with Crippen LogP contribution in [0.3, 0.4) is 0 Å². The maximum absolute atomic E-state index is 11.7. The highest BCUT2D eigenvalue weighted by Gasteiger charge is 2.26. The molecule has 2 atom stereocenters. The molecule has 94 valence electrons. The average Bonchev–Trinajstić information content (AvgIpc) is 2.39. The number of benzene rings is 1. The second kappa shape index (κ2) is 7.30. The quantitative estimate of drug-likeness (QED) is 0.628. The van der Waals surface area contributed by atoms with E-state index >= 15 is 0 Å². The van der Waals surface area contributed by atoms with E-state index in [0.29, 0.717) is 12.3 Å². The minimum absolute atomic E-state index is 0.272. The van der Waals surface area contributed by atoms with Crippen LogP contribution in [0.5, 0.6) is 0 Å². The van der Waals surface area contributed by atoms with Crippen LogP contribution in [0, 0.1) is 5.92 Å². The normalized spacial score (nSPS) is 14.1. The van der Waals surface area contributed by atoms with Crippen LogP contribution in [0.4, 0.5) is 0 Å². The average molecular weight is 256 g/mol. The van der Waals surface area contributed by atoms with Gasteiger partial charge < -0.3 is 10.5 Å². The Balaban J connectivity index is 2.78. The Bertz CT molecular complexity index is 343. The maximum Gasteiger partial charge on any atom is 0.310 e. The first-order valence-electron chi connectivity index (χ1n) is 5.65. The Morgan fingerprint density at radius 1 is 1.41 bits per heavy atom. The van der Waals surface area contributed by atoms with Crippen LogP contribution in [-0.2, 0) is 9.53 Å². The molecule has 0 aromatic heterocycles. The van der Waals surface area contributed by atoms with Gasteiger partial charge in [-0.15, -0.1) is 11.6 Å². The van der Waals surface area contributed by atoms with Gasteiger partial charge in [0.2, 0.25) is 0 Å². The molecule has 1 rings (SSSR count). The Morgan fingerprint density at radius 2 is 2.06 bits per heavy atom. The van der Waals surface area contributed by atoms with E-state index in [1.807, 2.05) is 30.3 Å². The van der Waals surface area contributed by atoms with Crippen molar-refractivity contribution in [3.63, 3.8) is 0 Å². The minimum Gasteiger partial charge on any atom is -0.469 e. The van der Waals surface area contributed by atoms with Crippen molar-refractivity contribution in [3.05, 3.63) is 35.9 Å². The maximum atomic E-state index is 11.7. The van der Waals surface area contributed by atoms with Crippen molar-refractivity contribution in [2.45, 2.75) is 18.9 Å². The van der Waals surface area contributed by atoms with Crippen LogP contribution in [-0.4, -0.2) is 19.0 Å². The summed E-state index contributed by atoms with van der Waals surface area (Å²) in [5.74, 6) is -0.0812. The smallest absolute Gasteiger partial charge is 0.310 e. The Labute approximate surface area is 107 Å². The molecule has 17 heavy (non-hydrogen) atoms. The lowest BCUT2D eigenvalue weighted by Gasteiger charge is -2.21. The molecule has 2 N–H and O–H groups in total. The number of nitrogens with two attached hydrogens (primary N) is 1. The molecule has 4 heteroatoms. The van der Waals surface area contributed by atoms with Gasteiger partial charge in [0.15, 0.2) is 0 Å². The van der Waals surface area contributed by atoms with E-state index in [1.165, 1.54) is 7.11 Å². The van der Waals surface area contributed by atoms with Crippen molar-refractivity contribution < 1.29 is 9.53 Å². The Morgan fingerprint density at radius 3 is 2.59 bits per heavy atom. The zero-order valence-corrected chi connectivity index (χ0v) is 10.7. The van der Waals surface area contributed by atoms with Gasteiger partial charge in [0.1, 0.15) is 0 Å². The predicted octanol–water partition coefficient (Wildman–Crippen LogP) is 2.49. The van der Waals surface area contributed by atoms with Crippen LogP contribution in [0.25, 0.3) is 0 Å². The van der Waals surface area contributed by atoms with Gasteiger partial charge in [-0.3, -0.25) is 4.79 Å². The lowest BCUT2D eigenvalue weighted by atomic mass is 9.90. The number of esters is 1. The number of hydrogen-bond donors (Lipinski definition) is 1. The van der Waals surface area contributed by atoms with E-state index in [0.717, 1.165) is 12.0 Å². The first kappa shape index (κ1) is 14.0. The molecular formula is C13H18ClNO2. The van der Waals surface area contributed by atoms with E-state index in [2.05, 4.69) is 0 Å². The number of halogens is 1. The Kier molecular flexibility index (Phi) is 6.01. The predicted molar refractivity (Wildman–Crippen MR) is 68.8 cm³/mol. The fraction of sp³-hybridized carbons (Fsp3) is 0.462. The number of hydrogen-bond acceptors (Lipinski definition) is 3. The molecule has 0 aliphatic carbocycles. The van der Waals surface area contributed by atoms with Crippen LogP contribution in [0.1, 0.15) is 24.4 Å². The van der Waals surface area contributed by atoms with Crippen molar-refractivity contribution in [1.29, 1.82) is 0 Å². The zero-order chi connectivity index (χ0) is 12.7. The van der Waals surface area contributed by atoms with Crippen LogP contribution in [0.15, 0.2) is 30.3 Å². The van der Waals surface area contributed by atoms with Crippen LogP contribution in [0.2, 0.25) is 0 Å². The molecule has 3 nitrogen and oxygen atoms in total. The number of ether oxygens (including phenoxy) is 1. The van der Waals surface area contributed by atoms with E-state index in [4.69, 9.17) is 22.1 Å². The summed E-state index contributed by atoms with van der Waals surface area (Å²) < 4.78 is 4.79. The first-order valence-corrected chi connectivity index (χ1v) is 6.18. The van der Waals surface area contributed by atoms with Gasteiger partial charge in [-0.25, -0.2) is 0 Å². The summed E-state index contributed by atoms with van der Waals surface area (Å²) in [6.45, 7) is 0. The number of methoxy groups -OCH3 is 1. The summed E-state index contributed by atoms with van der Waals surface area (Å²) in [4.78, 5) is 11.7. The van der Waals surface area contributed by atoms with Crippen molar-refractivity contribution in [2.75, 3.05) is 13.0 Å². The molecule has 0 aliphatic heterocycles. The van der Waals surface area contributed by atoms with Gasteiger partial charge >= 0.3 is 5.97 Å². The van der Waals surface area contributed by atoms with Gasteiger partial charge in [0, 0.05) is 11.9 Å². The second-order valence-corrected chi connectivity index (χ2v) is 4.28. The molecule has 0 aliphatic rings. The van der Waals surface area contributed by atoms with Crippen molar-refractivity contribution in [1.82, 2.24) is 0 Å². The fourth-order valence-electron chi connectivity index (χ4n) is 1.80. The lowest BCUT2D eigenvalue weighted by molar-refractivity contribution is -0.146. The van der Waals surface area contributed by atoms with Gasteiger partial charge in [0.25, 0.3) is 0 Å². The molecule has 1 aromatic carbocycles. The van der Waals surface area contributed by atoms with Crippen molar-refractivity contribution in [3.8, 4) is 0 Å². The topological polar surface area (TPSA) is 52.3 Å². The molecule has 0 heterocycles. The third-order valence-electron chi connectivity index (χ3n) is 2.77. The summed E-state index contributed by atoms with van der Waals surface area (Å²) in [6, 6.07) is 9.23. The molecule has 0 amide bonds. The summed E-state index contributed by atoms with van der Waals surface area (Å²) in [6.07, 6.45) is 1.40. The van der Waals surface area contributed by atoms with Gasteiger partial charge in [0.05, 0.1) is 13.0 Å². The summed E-state index contributed by atoms with van der Waals surface area (Å²) in [7, 11) is 1.38. The minimum atomic E-state index is -0.341. The van der Waals surface area contributed by atoms with E-state index < -0.39 is 0 Å². The molecule has 0 bridgehead atoms. The third kappa shape index (κ3) is 4.02. The largest absolute Gasteiger partial charge is 0.469 e. The molecule has 0 radical (unpaired) electrons. The molecule has 0 spiro atoms. The van der Waals surface area contributed by atoms with Gasteiger partial charge in [-0.05, 0) is 18.4 Å². The summed E-state index contributed by atoms with van der Waals surface area (Å²) in [5.41, 5.74) is 7.05. The molecular weight excluding hydrogens is 238 g/mol.